The van der Waals surface area contributed by atoms with Gasteiger partial charge in [0, 0.05) is 5.60 Å². The molecule has 0 saturated carbocycles. The van der Waals surface area contributed by atoms with E-state index in [1.54, 1.807) is 0 Å². The summed E-state index contributed by atoms with van der Waals surface area (Å²) in [6.45, 7) is 13.3. The summed E-state index contributed by atoms with van der Waals surface area (Å²) >= 11 is 0. The summed E-state index contributed by atoms with van der Waals surface area (Å²) < 4.78 is 5.38. The number of hydrogen-bond donors (Lipinski definition) is 1. The van der Waals surface area contributed by atoms with Crippen LogP contribution in [-0.2, 0) is 4.43 Å². The molecule has 0 unspecified atom stereocenters. The Bertz CT molecular complexity index is 144. The van der Waals surface area contributed by atoms with E-state index in [2.05, 4.69) is 45.4 Å². The van der Waals surface area contributed by atoms with E-state index in [9.17, 15) is 0 Å². The summed E-state index contributed by atoms with van der Waals surface area (Å²) in [6.07, 6.45) is 3.76. The topological polar surface area (TPSA) is 21.3 Å². The molecular formula is C11H31NOSi2. The molecule has 0 aliphatic carbocycles. The van der Waals surface area contributed by atoms with Gasteiger partial charge < -0.3 is 9.41 Å². The van der Waals surface area contributed by atoms with Crippen molar-refractivity contribution in [1.29, 1.82) is 0 Å². The normalized spacial score (nSPS) is 12.2. The van der Waals surface area contributed by atoms with Crippen LogP contribution in [0.15, 0.2) is 0 Å². The van der Waals surface area contributed by atoms with Crippen LogP contribution in [0, 0.1) is 0 Å². The Labute approximate surface area is 101 Å². The summed E-state index contributed by atoms with van der Waals surface area (Å²) in [6, 6.07) is 0. The van der Waals surface area contributed by atoms with Crippen LogP contribution in [0.5, 0.6) is 0 Å². The van der Waals surface area contributed by atoms with E-state index in [-0.39, 0.29) is 5.60 Å². The lowest BCUT2D eigenvalue weighted by Gasteiger charge is -2.22. The summed E-state index contributed by atoms with van der Waals surface area (Å²) in [4.78, 5) is 3.24. The second-order valence-corrected chi connectivity index (χ2v) is 11.0. The maximum absolute atomic E-state index is 5.38. The molecule has 0 aromatic rings. The van der Waals surface area contributed by atoms with E-state index < -0.39 is 8.24 Å². The van der Waals surface area contributed by atoms with Gasteiger partial charge in [0.25, 0.3) is 0 Å². The van der Waals surface area contributed by atoms with Gasteiger partial charge >= 0.3 is 0 Å². The first kappa shape index (κ1) is 17.7. The smallest absolute Gasteiger partial charge is 0.146 e. The van der Waals surface area contributed by atoms with Crippen molar-refractivity contribution >= 4 is 18.7 Å². The SMILES string of the molecule is CCCCC(C)(C)O[SiH3].CN[Si](C)(C)C. The van der Waals surface area contributed by atoms with Crippen molar-refractivity contribution in [2.75, 3.05) is 7.05 Å². The molecule has 15 heavy (non-hydrogen) atoms. The minimum Gasteiger partial charge on any atom is -0.423 e. The van der Waals surface area contributed by atoms with Crippen LogP contribution in [0.2, 0.25) is 19.6 Å². The lowest BCUT2D eigenvalue weighted by Crippen LogP contribution is -2.37. The first-order chi connectivity index (χ1) is 6.68. The summed E-state index contributed by atoms with van der Waals surface area (Å²) in [5, 5.41) is 0. The van der Waals surface area contributed by atoms with Gasteiger partial charge in [-0.2, -0.15) is 0 Å². The van der Waals surface area contributed by atoms with Crippen LogP contribution < -0.4 is 4.98 Å². The molecule has 1 N–H and O–H groups in total. The molecule has 0 aliphatic heterocycles. The fourth-order valence-electron chi connectivity index (χ4n) is 0.705. The molecule has 0 aromatic heterocycles. The molecule has 0 radical (unpaired) electrons. The molecule has 0 amide bonds. The molecule has 0 bridgehead atoms. The average molecular weight is 250 g/mol. The second-order valence-electron chi connectivity index (χ2n) is 5.57. The Morgan fingerprint density at radius 2 is 1.67 bits per heavy atom. The van der Waals surface area contributed by atoms with E-state index in [4.69, 9.17) is 4.43 Å². The second kappa shape index (κ2) is 8.50. The van der Waals surface area contributed by atoms with Gasteiger partial charge in [0.1, 0.15) is 18.7 Å². The Kier molecular flexibility index (Phi) is 10.1. The van der Waals surface area contributed by atoms with Crippen molar-refractivity contribution in [2.24, 2.45) is 0 Å². The summed E-state index contributed by atoms with van der Waals surface area (Å²) in [5.74, 6) is 0. The Morgan fingerprint density at radius 3 is 1.87 bits per heavy atom. The van der Waals surface area contributed by atoms with Gasteiger partial charge in [-0.1, -0.05) is 39.4 Å². The fraction of sp³-hybridized carbons (Fsp3) is 1.00. The molecule has 4 heteroatoms. The maximum atomic E-state index is 5.38. The summed E-state index contributed by atoms with van der Waals surface area (Å²) in [7, 11) is 2.00. The van der Waals surface area contributed by atoms with Gasteiger partial charge in [-0.05, 0) is 27.3 Å². The minimum atomic E-state index is -0.881. The van der Waals surface area contributed by atoms with Crippen molar-refractivity contribution < 1.29 is 4.43 Å². The van der Waals surface area contributed by atoms with Crippen molar-refractivity contribution in [3.8, 4) is 0 Å². The molecule has 0 fully saturated rings. The molecule has 0 heterocycles. The molecule has 2 nitrogen and oxygen atoms in total. The van der Waals surface area contributed by atoms with Crippen LogP contribution in [0.1, 0.15) is 40.0 Å². The largest absolute Gasteiger partial charge is 0.423 e. The van der Waals surface area contributed by atoms with Crippen molar-refractivity contribution in [3.63, 3.8) is 0 Å². The molecule has 0 saturated heterocycles. The number of nitrogens with one attached hydrogen (secondary N) is 1. The molecule has 0 atom stereocenters. The highest BCUT2D eigenvalue weighted by molar-refractivity contribution is 6.73. The van der Waals surface area contributed by atoms with E-state index in [1.807, 2.05) is 7.05 Å². The predicted octanol–water partition coefficient (Wildman–Crippen LogP) is 2.29. The van der Waals surface area contributed by atoms with Gasteiger partial charge in [0.2, 0.25) is 0 Å². The number of unbranched alkanes of at least 4 members (excludes halogenated alkanes) is 1. The third-order valence-electron chi connectivity index (χ3n) is 2.43. The van der Waals surface area contributed by atoms with E-state index in [0.29, 0.717) is 0 Å². The highest BCUT2D eigenvalue weighted by atomic mass is 28.3. The van der Waals surface area contributed by atoms with Crippen LogP contribution >= 0.6 is 0 Å². The summed E-state index contributed by atoms with van der Waals surface area (Å²) in [5.41, 5.74) is 0.155. The number of rotatable bonds is 5. The minimum absolute atomic E-state index is 0.155. The standard InChI is InChI=1S/C7H18OSi.C4H13NSi/c1-4-5-6-7(2,3)8-9;1-5-6(2,3)4/h4-6H2,1-3,9H3;5H,1-4H3. The highest BCUT2D eigenvalue weighted by Gasteiger charge is 2.13. The van der Waals surface area contributed by atoms with Crippen LogP contribution in [-0.4, -0.2) is 31.4 Å². The van der Waals surface area contributed by atoms with Crippen molar-refractivity contribution in [2.45, 2.75) is 65.3 Å². The van der Waals surface area contributed by atoms with E-state index in [0.717, 1.165) is 10.5 Å². The molecule has 0 spiro atoms. The van der Waals surface area contributed by atoms with Gasteiger partial charge in [-0.15, -0.1) is 0 Å². The first-order valence-corrected chi connectivity index (χ1v) is 10.2. The predicted molar refractivity (Wildman–Crippen MR) is 77.0 cm³/mol. The molecular weight excluding hydrogens is 218 g/mol. The molecule has 0 aliphatic rings. The monoisotopic (exact) mass is 249 g/mol. The van der Waals surface area contributed by atoms with Crippen molar-refractivity contribution in [3.05, 3.63) is 0 Å². The number of hydrogen-bond acceptors (Lipinski definition) is 2. The van der Waals surface area contributed by atoms with Gasteiger partial charge in [-0.25, -0.2) is 0 Å². The highest BCUT2D eigenvalue weighted by Crippen LogP contribution is 2.15. The zero-order valence-corrected chi connectivity index (χ0v) is 15.0. The zero-order valence-electron chi connectivity index (χ0n) is 12.0. The van der Waals surface area contributed by atoms with Crippen LogP contribution in [0.4, 0.5) is 0 Å². The average Bonchev–Trinajstić information content (AvgIpc) is 2.15. The Morgan fingerprint density at radius 1 is 1.27 bits per heavy atom. The maximum Gasteiger partial charge on any atom is 0.146 e. The van der Waals surface area contributed by atoms with Gasteiger partial charge in [-0.3, -0.25) is 0 Å². The Balaban J connectivity index is 0. The van der Waals surface area contributed by atoms with Crippen LogP contribution in [0.3, 0.4) is 0 Å². The zero-order chi connectivity index (χ0) is 12.5. The third-order valence-corrected chi connectivity index (χ3v) is 5.04. The third kappa shape index (κ3) is 17.0. The lowest BCUT2D eigenvalue weighted by atomic mass is 10.0. The molecule has 0 aromatic carbocycles. The lowest BCUT2D eigenvalue weighted by molar-refractivity contribution is 0.110. The molecule has 0 rings (SSSR count). The van der Waals surface area contributed by atoms with Crippen LogP contribution in [0.25, 0.3) is 0 Å². The van der Waals surface area contributed by atoms with Crippen molar-refractivity contribution in [1.82, 2.24) is 4.98 Å². The fourth-order valence-corrected chi connectivity index (χ4v) is 0.909. The Hall–Kier alpha value is 0.354. The quantitative estimate of drug-likeness (QED) is 0.755. The van der Waals surface area contributed by atoms with E-state index in [1.165, 1.54) is 19.3 Å². The van der Waals surface area contributed by atoms with Gasteiger partial charge in [0.15, 0.2) is 0 Å². The van der Waals surface area contributed by atoms with E-state index >= 15 is 0 Å². The van der Waals surface area contributed by atoms with Gasteiger partial charge in [0.05, 0.1) is 0 Å². The first-order valence-electron chi connectivity index (χ1n) is 5.92. The molecule has 94 valence electrons.